The van der Waals surface area contributed by atoms with E-state index in [1.807, 2.05) is 19.1 Å². The normalized spacial score (nSPS) is 11.5. The van der Waals surface area contributed by atoms with Crippen LogP contribution in [-0.2, 0) is 0 Å². The van der Waals surface area contributed by atoms with Crippen molar-refractivity contribution in [3.63, 3.8) is 0 Å². The van der Waals surface area contributed by atoms with E-state index >= 15 is 0 Å². The summed E-state index contributed by atoms with van der Waals surface area (Å²) >= 11 is 1.63. The number of thiophene rings is 1. The molecule has 0 saturated carbocycles. The van der Waals surface area contributed by atoms with Crippen molar-refractivity contribution in [2.75, 3.05) is 0 Å². The fourth-order valence-corrected chi connectivity index (χ4v) is 2.96. The zero-order valence-electron chi connectivity index (χ0n) is 13.2. The van der Waals surface area contributed by atoms with Crippen molar-refractivity contribution in [3.8, 4) is 16.3 Å². The Kier molecular flexibility index (Phi) is 4.43. The van der Waals surface area contributed by atoms with Crippen LogP contribution in [-0.4, -0.2) is 26.9 Å². The number of aromatic hydroxyl groups is 1. The minimum atomic E-state index is -0.398. The molecule has 3 rings (SSSR count). The van der Waals surface area contributed by atoms with Gasteiger partial charge in [0.05, 0.1) is 16.3 Å². The molecule has 2 heterocycles. The molecule has 122 valence electrons. The molecule has 3 aromatic rings. The number of hydrogen-bond donors (Lipinski definition) is 3. The summed E-state index contributed by atoms with van der Waals surface area (Å²) in [5.41, 5.74) is 4.86. The standard InChI is InChI=1S/C17H16N4O2S/c1-10-6-7-16(24-10)14-9-15(20-19-14)17(23)21-18-11(2)12-4-3-5-13(22)8-12/h3-9,22H,1-2H3,(H,19,20)(H,21,23). The van der Waals surface area contributed by atoms with Crippen molar-refractivity contribution in [2.45, 2.75) is 13.8 Å². The first-order chi connectivity index (χ1) is 11.5. The minimum absolute atomic E-state index is 0.150. The lowest BCUT2D eigenvalue weighted by molar-refractivity contribution is 0.0950. The summed E-state index contributed by atoms with van der Waals surface area (Å²) in [5, 5.41) is 20.4. The lowest BCUT2D eigenvalue weighted by atomic mass is 10.1. The molecule has 0 unspecified atom stereocenters. The van der Waals surface area contributed by atoms with Gasteiger partial charge < -0.3 is 5.11 Å². The number of phenols is 1. The molecule has 2 aromatic heterocycles. The summed E-state index contributed by atoms with van der Waals surface area (Å²) < 4.78 is 0. The second-order valence-electron chi connectivity index (χ2n) is 5.27. The molecule has 0 atom stereocenters. The van der Waals surface area contributed by atoms with Gasteiger partial charge in [-0.3, -0.25) is 9.89 Å². The average molecular weight is 340 g/mol. The zero-order valence-corrected chi connectivity index (χ0v) is 14.0. The Labute approximate surface area is 142 Å². The molecule has 1 amide bonds. The smallest absolute Gasteiger partial charge is 0.291 e. The maximum atomic E-state index is 12.2. The summed E-state index contributed by atoms with van der Waals surface area (Å²) in [4.78, 5) is 14.4. The third-order valence-corrected chi connectivity index (χ3v) is 4.44. The van der Waals surface area contributed by atoms with Gasteiger partial charge in [-0.25, -0.2) is 5.43 Å². The number of hydrogen-bond acceptors (Lipinski definition) is 5. The highest BCUT2D eigenvalue weighted by molar-refractivity contribution is 7.15. The number of aryl methyl sites for hydroxylation is 1. The van der Waals surface area contributed by atoms with Gasteiger partial charge in [0.25, 0.3) is 5.91 Å². The first kappa shape index (κ1) is 15.9. The monoisotopic (exact) mass is 340 g/mol. The largest absolute Gasteiger partial charge is 0.508 e. The first-order valence-electron chi connectivity index (χ1n) is 7.29. The minimum Gasteiger partial charge on any atom is -0.508 e. The van der Waals surface area contributed by atoms with Gasteiger partial charge in [0.1, 0.15) is 5.75 Å². The van der Waals surface area contributed by atoms with E-state index < -0.39 is 5.91 Å². The molecule has 0 fully saturated rings. The van der Waals surface area contributed by atoms with Crippen LogP contribution in [0.3, 0.4) is 0 Å². The van der Waals surface area contributed by atoms with E-state index in [1.54, 1.807) is 48.6 Å². The number of benzene rings is 1. The number of amides is 1. The Morgan fingerprint density at radius 2 is 2.12 bits per heavy atom. The Hall–Kier alpha value is -2.93. The zero-order chi connectivity index (χ0) is 17.1. The van der Waals surface area contributed by atoms with Crippen LogP contribution in [0, 0.1) is 6.92 Å². The van der Waals surface area contributed by atoms with E-state index in [0.29, 0.717) is 5.71 Å². The molecule has 0 aliphatic carbocycles. The second kappa shape index (κ2) is 6.67. The molecule has 0 saturated heterocycles. The molecule has 7 heteroatoms. The van der Waals surface area contributed by atoms with Crippen LogP contribution in [0.15, 0.2) is 47.6 Å². The highest BCUT2D eigenvalue weighted by Crippen LogP contribution is 2.26. The fourth-order valence-electron chi connectivity index (χ4n) is 2.13. The second-order valence-corrected chi connectivity index (χ2v) is 6.55. The lowest BCUT2D eigenvalue weighted by Gasteiger charge is -2.02. The number of nitrogens with one attached hydrogen (secondary N) is 2. The number of rotatable bonds is 4. The van der Waals surface area contributed by atoms with Gasteiger partial charge in [-0.15, -0.1) is 11.3 Å². The van der Waals surface area contributed by atoms with Crippen LogP contribution in [0.1, 0.15) is 27.9 Å². The highest BCUT2D eigenvalue weighted by atomic mass is 32.1. The molecule has 0 radical (unpaired) electrons. The SMILES string of the molecule is CC(=NNC(=O)c1cc(-c2ccc(C)s2)[nH]n1)c1cccc(O)c1. The van der Waals surface area contributed by atoms with E-state index in [9.17, 15) is 9.90 Å². The predicted molar refractivity (Wildman–Crippen MR) is 94.4 cm³/mol. The number of phenolic OH excluding ortho intramolecular Hbond substituents is 1. The first-order valence-corrected chi connectivity index (χ1v) is 8.11. The third kappa shape index (κ3) is 3.52. The van der Waals surface area contributed by atoms with E-state index in [0.717, 1.165) is 16.1 Å². The Bertz CT molecular complexity index is 911. The van der Waals surface area contributed by atoms with Gasteiger partial charge in [-0.05, 0) is 44.2 Å². The van der Waals surface area contributed by atoms with Gasteiger partial charge in [0.15, 0.2) is 5.69 Å². The van der Waals surface area contributed by atoms with E-state index in [4.69, 9.17) is 0 Å². The Morgan fingerprint density at radius 1 is 1.29 bits per heavy atom. The van der Waals surface area contributed by atoms with Crippen molar-refractivity contribution in [2.24, 2.45) is 5.10 Å². The summed E-state index contributed by atoms with van der Waals surface area (Å²) in [5.74, 6) is -0.248. The fraction of sp³-hybridized carbons (Fsp3) is 0.118. The van der Waals surface area contributed by atoms with E-state index in [2.05, 4.69) is 20.7 Å². The number of carbonyl (C=O) groups is 1. The van der Waals surface area contributed by atoms with Gasteiger partial charge in [0.2, 0.25) is 0 Å². The molecule has 0 spiro atoms. The summed E-state index contributed by atoms with van der Waals surface area (Å²) in [6.07, 6.45) is 0. The quantitative estimate of drug-likeness (QED) is 0.503. The molecule has 24 heavy (non-hydrogen) atoms. The molecule has 1 aromatic carbocycles. The van der Waals surface area contributed by atoms with Crippen molar-refractivity contribution < 1.29 is 9.90 Å². The Morgan fingerprint density at radius 3 is 2.83 bits per heavy atom. The maximum absolute atomic E-state index is 12.2. The molecular formula is C17H16N4O2S. The number of hydrazone groups is 1. The number of aromatic nitrogens is 2. The number of nitrogens with zero attached hydrogens (tertiary/aromatic N) is 2. The van der Waals surface area contributed by atoms with Crippen LogP contribution < -0.4 is 5.43 Å². The van der Waals surface area contributed by atoms with Crippen LogP contribution in [0.2, 0.25) is 0 Å². The van der Waals surface area contributed by atoms with Crippen molar-refractivity contribution in [1.82, 2.24) is 15.6 Å². The van der Waals surface area contributed by atoms with Crippen molar-refractivity contribution in [3.05, 3.63) is 58.6 Å². The molecule has 0 aliphatic heterocycles. The lowest BCUT2D eigenvalue weighted by Crippen LogP contribution is -2.19. The van der Waals surface area contributed by atoms with Crippen LogP contribution in [0.4, 0.5) is 0 Å². The summed E-state index contributed by atoms with van der Waals surface area (Å²) in [6.45, 7) is 3.77. The average Bonchev–Trinajstić information content (AvgIpc) is 3.21. The molecule has 0 aliphatic rings. The van der Waals surface area contributed by atoms with Gasteiger partial charge >= 0.3 is 0 Å². The van der Waals surface area contributed by atoms with Crippen LogP contribution >= 0.6 is 11.3 Å². The predicted octanol–water partition coefficient (Wildman–Crippen LogP) is 3.31. The molecule has 0 bridgehead atoms. The molecular weight excluding hydrogens is 324 g/mol. The summed E-state index contributed by atoms with van der Waals surface area (Å²) in [6, 6.07) is 12.4. The highest BCUT2D eigenvalue weighted by Gasteiger charge is 2.12. The number of H-pyrrole nitrogens is 1. The van der Waals surface area contributed by atoms with Crippen molar-refractivity contribution >= 4 is 23.0 Å². The van der Waals surface area contributed by atoms with E-state index in [-0.39, 0.29) is 11.4 Å². The number of aromatic amines is 1. The van der Waals surface area contributed by atoms with Gasteiger partial charge in [-0.2, -0.15) is 10.2 Å². The summed E-state index contributed by atoms with van der Waals surface area (Å²) in [7, 11) is 0. The van der Waals surface area contributed by atoms with Crippen molar-refractivity contribution in [1.29, 1.82) is 0 Å². The molecule has 3 N–H and O–H groups in total. The van der Waals surface area contributed by atoms with Crippen LogP contribution in [0.25, 0.3) is 10.6 Å². The van der Waals surface area contributed by atoms with Crippen LogP contribution in [0.5, 0.6) is 5.75 Å². The topological polar surface area (TPSA) is 90.4 Å². The molecule has 6 nitrogen and oxygen atoms in total. The van der Waals surface area contributed by atoms with E-state index in [1.165, 1.54) is 4.88 Å². The van der Waals surface area contributed by atoms with Gasteiger partial charge in [0, 0.05) is 10.4 Å². The van der Waals surface area contributed by atoms with Gasteiger partial charge in [-0.1, -0.05) is 12.1 Å². The number of carbonyl (C=O) groups excluding carboxylic acids is 1. The Balaban J connectivity index is 1.71. The maximum Gasteiger partial charge on any atom is 0.291 e. The third-order valence-electron chi connectivity index (χ3n) is 3.41.